The van der Waals surface area contributed by atoms with Crippen molar-refractivity contribution in [2.24, 2.45) is 5.10 Å². The van der Waals surface area contributed by atoms with E-state index < -0.39 is 0 Å². The normalized spacial score (nSPS) is 20.5. The van der Waals surface area contributed by atoms with Gasteiger partial charge in [0.15, 0.2) is 6.73 Å². The first-order valence-corrected chi connectivity index (χ1v) is 10.4. The number of hydrogen-bond acceptors (Lipinski definition) is 8. The lowest BCUT2D eigenvalue weighted by Gasteiger charge is -2.27. The van der Waals surface area contributed by atoms with Crippen molar-refractivity contribution in [3.8, 4) is 0 Å². The van der Waals surface area contributed by atoms with Crippen LogP contribution in [0.4, 0.5) is 23.1 Å². The summed E-state index contributed by atoms with van der Waals surface area (Å²) in [5.74, 6) is 1.90. The highest BCUT2D eigenvalue weighted by molar-refractivity contribution is 6.10. The number of nitrogens with zero attached hydrogens (tertiary/aromatic N) is 6. The summed E-state index contributed by atoms with van der Waals surface area (Å²) in [6.45, 7) is 3.92. The summed E-state index contributed by atoms with van der Waals surface area (Å²) in [5.41, 5.74) is 2.29. The van der Waals surface area contributed by atoms with Crippen molar-refractivity contribution in [1.29, 1.82) is 0 Å². The summed E-state index contributed by atoms with van der Waals surface area (Å²) >= 11 is 0. The zero-order chi connectivity index (χ0) is 20.7. The molecule has 0 unspecified atom stereocenters. The molecule has 0 spiro atoms. The number of benzene rings is 1. The molecular formula is C21H25N7O2. The average molecular weight is 407 g/mol. The van der Waals surface area contributed by atoms with Gasteiger partial charge in [0.25, 0.3) is 5.91 Å². The number of fused-ring (bicyclic) bond motifs is 3. The van der Waals surface area contributed by atoms with E-state index in [9.17, 15) is 4.79 Å². The van der Waals surface area contributed by atoms with Crippen LogP contribution in [0.5, 0.6) is 0 Å². The van der Waals surface area contributed by atoms with Gasteiger partial charge in [-0.15, -0.1) is 5.10 Å². The molecule has 1 fully saturated rings. The lowest BCUT2D eigenvalue weighted by molar-refractivity contribution is 0.0988. The van der Waals surface area contributed by atoms with Gasteiger partial charge >= 0.3 is 0 Å². The number of carbonyl (C=O) groups excluding carboxylic acids is 1. The second-order valence-electron chi connectivity index (χ2n) is 7.63. The Bertz CT molecular complexity index is 1010. The number of amides is 1. The number of hydrogen-bond donors (Lipinski definition) is 1. The number of hydrazone groups is 1. The average Bonchev–Trinajstić information content (AvgIpc) is 3.44. The number of rotatable bonds is 4. The van der Waals surface area contributed by atoms with Crippen LogP contribution >= 0.6 is 0 Å². The zero-order valence-electron chi connectivity index (χ0n) is 17.2. The van der Waals surface area contributed by atoms with Gasteiger partial charge in [-0.05, 0) is 31.0 Å². The number of ether oxygens (including phenoxy) is 1. The van der Waals surface area contributed by atoms with Crippen LogP contribution in [0.25, 0.3) is 0 Å². The molecule has 0 bridgehead atoms. The quantitative estimate of drug-likeness (QED) is 0.834. The number of aromatic nitrogens is 2. The molecule has 5 rings (SSSR count). The molecule has 2 aromatic rings. The Kier molecular flexibility index (Phi) is 4.65. The predicted molar refractivity (Wildman–Crippen MR) is 116 cm³/mol. The lowest BCUT2D eigenvalue weighted by Crippen LogP contribution is -2.39. The van der Waals surface area contributed by atoms with Crippen LogP contribution in [0.2, 0.25) is 0 Å². The van der Waals surface area contributed by atoms with E-state index in [1.807, 2.05) is 41.1 Å². The van der Waals surface area contributed by atoms with Gasteiger partial charge in [-0.2, -0.15) is 4.98 Å². The maximum absolute atomic E-state index is 13.5. The highest BCUT2D eigenvalue weighted by Gasteiger charge is 2.37. The molecule has 1 N–H and O–H groups in total. The molecule has 30 heavy (non-hydrogen) atoms. The number of anilines is 4. The highest BCUT2D eigenvalue weighted by Crippen LogP contribution is 2.35. The van der Waals surface area contributed by atoms with Crippen molar-refractivity contribution in [2.75, 3.05) is 47.0 Å². The van der Waals surface area contributed by atoms with Crippen molar-refractivity contribution in [3.63, 3.8) is 0 Å². The molecule has 1 aromatic carbocycles. The van der Waals surface area contributed by atoms with E-state index in [1.165, 1.54) is 0 Å². The highest BCUT2D eigenvalue weighted by atomic mass is 16.5. The summed E-state index contributed by atoms with van der Waals surface area (Å²) in [7, 11) is 1.79. The Balaban J connectivity index is 1.52. The Labute approximate surface area is 175 Å². The van der Waals surface area contributed by atoms with Crippen molar-refractivity contribution >= 4 is 34.9 Å². The molecule has 1 amide bonds. The monoisotopic (exact) mass is 407 g/mol. The van der Waals surface area contributed by atoms with E-state index in [2.05, 4.69) is 25.3 Å². The van der Waals surface area contributed by atoms with Gasteiger partial charge < -0.3 is 19.9 Å². The first kappa shape index (κ1) is 18.7. The van der Waals surface area contributed by atoms with Gasteiger partial charge in [0.1, 0.15) is 11.4 Å². The topological polar surface area (TPSA) is 86.2 Å². The van der Waals surface area contributed by atoms with Crippen LogP contribution < -0.4 is 20.1 Å². The van der Waals surface area contributed by atoms with Crippen LogP contribution in [0.1, 0.15) is 36.5 Å². The minimum absolute atomic E-state index is 0.0744. The fraction of sp³-hybridized carbons (Fsp3) is 0.429. The van der Waals surface area contributed by atoms with Crippen LogP contribution in [-0.4, -0.2) is 54.7 Å². The van der Waals surface area contributed by atoms with Crippen molar-refractivity contribution in [2.45, 2.75) is 32.2 Å². The Morgan fingerprint density at radius 2 is 2.17 bits per heavy atom. The molecule has 3 aliphatic rings. The summed E-state index contributed by atoms with van der Waals surface area (Å²) in [6.07, 6.45) is 4.51. The second-order valence-corrected chi connectivity index (χ2v) is 7.63. The summed E-state index contributed by atoms with van der Waals surface area (Å²) in [6, 6.07) is 8.14. The van der Waals surface area contributed by atoms with E-state index in [4.69, 9.17) is 4.74 Å². The van der Waals surface area contributed by atoms with E-state index in [-0.39, 0.29) is 11.9 Å². The summed E-state index contributed by atoms with van der Waals surface area (Å²) in [4.78, 5) is 26.6. The van der Waals surface area contributed by atoms with Gasteiger partial charge in [-0.1, -0.05) is 13.0 Å². The summed E-state index contributed by atoms with van der Waals surface area (Å²) < 4.78 is 5.59. The molecule has 0 aliphatic carbocycles. The largest absolute Gasteiger partial charge is 0.456 e. The summed E-state index contributed by atoms with van der Waals surface area (Å²) in [5, 5.41) is 9.30. The standard InChI is InChI=1S/C21H25N7O2/c1-3-18-25-28(13-30-18)15-7-4-6-14(10-15)27-12-16-8-5-9-26(16)19-17(20(27)29)11-23-21(22-2)24-19/h4,6-7,10-11,16H,3,5,8-9,12-13H2,1-2H3,(H,22,23,24)/t16-/m0/s1. The molecule has 156 valence electrons. The smallest absolute Gasteiger partial charge is 0.263 e. The molecule has 9 nitrogen and oxygen atoms in total. The van der Waals surface area contributed by atoms with E-state index in [0.29, 0.717) is 24.8 Å². The fourth-order valence-corrected chi connectivity index (χ4v) is 4.28. The van der Waals surface area contributed by atoms with Gasteiger partial charge in [-0.25, -0.2) is 9.99 Å². The first-order valence-electron chi connectivity index (χ1n) is 10.4. The van der Waals surface area contributed by atoms with E-state index in [1.54, 1.807) is 13.2 Å². The molecule has 1 aromatic heterocycles. The third-order valence-corrected chi connectivity index (χ3v) is 5.84. The Morgan fingerprint density at radius 1 is 1.30 bits per heavy atom. The van der Waals surface area contributed by atoms with Crippen LogP contribution in [0, 0.1) is 0 Å². The molecule has 1 atom stereocenters. The molecule has 1 saturated heterocycles. The second kappa shape index (κ2) is 7.47. The van der Waals surface area contributed by atoms with Crippen molar-refractivity contribution < 1.29 is 9.53 Å². The van der Waals surface area contributed by atoms with Gasteiger partial charge in [0.2, 0.25) is 11.8 Å². The minimum atomic E-state index is -0.0744. The van der Waals surface area contributed by atoms with Crippen LogP contribution in [0.15, 0.2) is 35.6 Å². The molecule has 3 aliphatic heterocycles. The first-order chi connectivity index (χ1) is 14.7. The molecule has 0 radical (unpaired) electrons. The SMILES string of the molecule is CCC1=NN(c2cccc(N3C[C@@H]4CCCN4c4nc(NC)ncc4C3=O)c2)CO1. The lowest BCUT2D eigenvalue weighted by atomic mass is 10.1. The van der Waals surface area contributed by atoms with Crippen molar-refractivity contribution in [1.82, 2.24) is 9.97 Å². The zero-order valence-corrected chi connectivity index (χ0v) is 17.2. The fourth-order valence-electron chi connectivity index (χ4n) is 4.28. The van der Waals surface area contributed by atoms with Gasteiger partial charge in [0, 0.05) is 44.5 Å². The number of nitrogens with one attached hydrogen (secondary N) is 1. The predicted octanol–water partition coefficient (Wildman–Crippen LogP) is 2.67. The van der Waals surface area contributed by atoms with Gasteiger partial charge in [0.05, 0.1) is 5.69 Å². The van der Waals surface area contributed by atoms with Crippen molar-refractivity contribution in [3.05, 3.63) is 36.0 Å². The third kappa shape index (κ3) is 3.10. The van der Waals surface area contributed by atoms with E-state index in [0.717, 1.165) is 48.9 Å². The minimum Gasteiger partial charge on any atom is -0.456 e. The van der Waals surface area contributed by atoms with Gasteiger partial charge in [-0.3, -0.25) is 4.79 Å². The molecular weight excluding hydrogens is 382 g/mol. The van der Waals surface area contributed by atoms with E-state index >= 15 is 0 Å². The molecule has 9 heteroatoms. The number of carbonyl (C=O) groups is 1. The third-order valence-electron chi connectivity index (χ3n) is 5.84. The Hall–Kier alpha value is -3.36. The maximum atomic E-state index is 13.5. The molecule has 4 heterocycles. The van der Waals surface area contributed by atoms with Crippen LogP contribution in [-0.2, 0) is 4.74 Å². The Morgan fingerprint density at radius 3 is 2.97 bits per heavy atom. The molecule has 0 saturated carbocycles. The van der Waals surface area contributed by atoms with Crippen LogP contribution in [0.3, 0.4) is 0 Å². The maximum Gasteiger partial charge on any atom is 0.263 e.